The molecule has 0 aromatic carbocycles. The number of methoxy groups -OCH3 is 1. The van der Waals surface area contributed by atoms with Crippen LogP contribution in [-0.2, 0) is 4.74 Å². The lowest BCUT2D eigenvalue weighted by Crippen LogP contribution is -2.22. The third-order valence-electron chi connectivity index (χ3n) is 2.35. The van der Waals surface area contributed by atoms with Gasteiger partial charge in [-0.05, 0) is 59.4 Å². The second-order valence-corrected chi connectivity index (χ2v) is 3.81. The Kier molecular flexibility index (Phi) is 10.9. The van der Waals surface area contributed by atoms with Gasteiger partial charge in [-0.25, -0.2) is 0 Å². The van der Waals surface area contributed by atoms with E-state index in [1.54, 1.807) is 7.11 Å². The maximum absolute atomic E-state index is 5.01. The molecule has 1 N–H and O–H groups in total. The Morgan fingerprint density at radius 3 is 2.29 bits per heavy atom. The van der Waals surface area contributed by atoms with E-state index >= 15 is 0 Å². The molecule has 0 radical (unpaired) electrons. The van der Waals surface area contributed by atoms with Gasteiger partial charge in [-0.15, -0.1) is 0 Å². The van der Waals surface area contributed by atoms with Gasteiger partial charge < -0.3 is 15.0 Å². The van der Waals surface area contributed by atoms with E-state index in [4.69, 9.17) is 4.74 Å². The molecule has 0 aromatic rings. The van der Waals surface area contributed by atoms with Crippen molar-refractivity contribution in [2.45, 2.75) is 25.7 Å². The second-order valence-electron chi connectivity index (χ2n) is 3.81. The van der Waals surface area contributed by atoms with Crippen LogP contribution in [0.5, 0.6) is 0 Å². The highest BCUT2D eigenvalue weighted by atomic mass is 16.5. The fraction of sp³-hybridized carbons (Fsp3) is 1.00. The summed E-state index contributed by atoms with van der Waals surface area (Å²) in [5, 5.41) is 3.17. The topological polar surface area (TPSA) is 24.5 Å². The van der Waals surface area contributed by atoms with Crippen LogP contribution >= 0.6 is 0 Å². The van der Waals surface area contributed by atoms with Crippen LogP contribution in [0.1, 0.15) is 25.7 Å². The fourth-order valence-corrected chi connectivity index (χ4v) is 1.42. The SMILES string of the molecule is CNCCCCN(C)CCCCOC. The molecule has 0 saturated heterocycles. The van der Waals surface area contributed by atoms with Gasteiger partial charge in [0.15, 0.2) is 0 Å². The van der Waals surface area contributed by atoms with Crippen LogP contribution in [0.4, 0.5) is 0 Å². The lowest BCUT2D eigenvalue weighted by atomic mass is 10.2. The van der Waals surface area contributed by atoms with Crippen LogP contribution in [0, 0.1) is 0 Å². The van der Waals surface area contributed by atoms with Crippen LogP contribution in [0.3, 0.4) is 0 Å². The molecule has 0 bridgehead atoms. The molecular formula is C11H26N2O. The molecule has 0 rings (SSSR count). The summed E-state index contributed by atoms with van der Waals surface area (Å²) in [6, 6.07) is 0. The minimum atomic E-state index is 0.896. The van der Waals surface area contributed by atoms with E-state index in [-0.39, 0.29) is 0 Å². The maximum Gasteiger partial charge on any atom is 0.0462 e. The zero-order valence-corrected chi connectivity index (χ0v) is 10.0. The number of unbranched alkanes of at least 4 members (excludes halogenated alkanes) is 2. The van der Waals surface area contributed by atoms with Gasteiger partial charge >= 0.3 is 0 Å². The van der Waals surface area contributed by atoms with Crippen molar-refractivity contribution in [2.75, 3.05) is 47.4 Å². The van der Waals surface area contributed by atoms with Gasteiger partial charge in [-0.2, -0.15) is 0 Å². The summed E-state index contributed by atoms with van der Waals surface area (Å²) in [5.41, 5.74) is 0. The Morgan fingerprint density at radius 1 is 1.07 bits per heavy atom. The third kappa shape index (κ3) is 9.96. The second kappa shape index (κ2) is 11.0. The van der Waals surface area contributed by atoms with E-state index in [9.17, 15) is 0 Å². The van der Waals surface area contributed by atoms with Crippen LogP contribution in [0.15, 0.2) is 0 Å². The molecule has 3 heteroatoms. The van der Waals surface area contributed by atoms with Gasteiger partial charge in [-0.3, -0.25) is 0 Å². The summed E-state index contributed by atoms with van der Waals surface area (Å²) in [6.45, 7) is 4.45. The molecule has 0 aliphatic carbocycles. The summed E-state index contributed by atoms with van der Waals surface area (Å²) >= 11 is 0. The minimum absolute atomic E-state index is 0.896. The highest BCUT2D eigenvalue weighted by molar-refractivity contribution is 4.53. The number of rotatable bonds is 10. The van der Waals surface area contributed by atoms with Crippen LogP contribution < -0.4 is 5.32 Å². The summed E-state index contributed by atoms with van der Waals surface area (Å²) in [5.74, 6) is 0. The van der Waals surface area contributed by atoms with E-state index in [0.29, 0.717) is 0 Å². The summed E-state index contributed by atoms with van der Waals surface area (Å²) < 4.78 is 5.01. The molecule has 0 atom stereocenters. The number of nitrogens with zero attached hydrogens (tertiary/aromatic N) is 1. The van der Waals surface area contributed by atoms with Crippen molar-refractivity contribution in [3.8, 4) is 0 Å². The molecule has 0 unspecified atom stereocenters. The van der Waals surface area contributed by atoms with E-state index < -0.39 is 0 Å². The molecule has 86 valence electrons. The van der Waals surface area contributed by atoms with Crippen LogP contribution in [-0.4, -0.2) is 52.3 Å². The molecule has 0 fully saturated rings. The Morgan fingerprint density at radius 2 is 1.71 bits per heavy atom. The molecule has 0 saturated carbocycles. The number of hydrogen-bond acceptors (Lipinski definition) is 3. The first-order chi connectivity index (χ1) is 6.81. The zero-order valence-electron chi connectivity index (χ0n) is 10.0. The van der Waals surface area contributed by atoms with Crippen molar-refractivity contribution in [2.24, 2.45) is 0 Å². The normalized spacial score (nSPS) is 11.1. The van der Waals surface area contributed by atoms with Gasteiger partial charge in [-0.1, -0.05) is 0 Å². The maximum atomic E-state index is 5.01. The van der Waals surface area contributed by atoms with Gasteiger partial charge in [0.25, 0.3) is 0 Å². The summed E-state index contributed by atoms with van der Waals surface area (Å²) in [4.78, 5) is 2.41. The zero-order chi connectivity index (χ0) is 10.6. The predicted octanol–water partition coefficient (Wildman–Crippen LogP) is 1.34. The van der Waals surface area contributed by atoms with E-state index in [1.165, 1.54) is 38.8 Å². The molecular weight excluding hydrogens is 176 g/mol. The Balaban J connectivity index is 3.07. The number of nitrogens with one attached hydrogen (secondary N) is 1. The first-order valence-corrected chi connectivity index (χ1v) is 5.63. The van der Waals surface area contributed by atoms with Crippen molar-refractivity contribution in [1.82, 2.24) is 10.2 Å². The first kappa shape index (κ1) is 13.9. The standard InChI is InChI=1S/C11H26N2O/c1-12-8-4-5-9-13(2)10-6-7-11-14-3/h12H,4-11H2,1-3H3. The molecule has 3 nitrogen and oxygen atoms in total. The average molecular weight is 202 g/mol. The van der Waals surface area contributed by atoms with Crippen molar-refractivity contribution in [1.29, 1.82) is 0 Å². The van der Waals surface area contributed by atoms with Gasteiger partial charge in [0.2, 0.25) is 0 Å². The van der Waals surface area contributed by atoms with Gasteiger partial charge in [0.05, 0.1) is 0 Å². The molecule has 0 aliphatic heterocycles. The lowest BCUT2D eigenvalue weighted by Gasteiger charge is -2.15. The number of hydrogen-bond donors (Lipinski definition) is 1. The highest BCUT2D eigenvalue weighted by Crippen LogP contribution is 1.96. The molecule has 0 aromatic heterocycles. The largest absolute Gasteiger partial charge is 0.385 e. The lowest BCUT2D eigenvalue weighted by molar-refractivity contribution is 0.187. The van der Waals surface area contributed by atoms with Crippen molar-refractivity contribution >= 4 is 0 Å². The Bertz CT molecular complexity index is 97.5. The molecule has 0 amide bonds. The van der Waals surface area contributed by atoms with Crippen molar-refractivity contribution in [3.05, 3.63) is 0 Å². The molecule has 0 spiro atoms. The summed E-state index contributed by atoms with van der Waals surface area (Å²) in [7, 11) is 5.97. The fourth-order valence-electron chi connectivity index (χ4n) is 1.42. The van der Waals surface area contributed by atoms with Crippen LogP contribution in [0.25, 0.3) is 0 Å². The molecule has 14 heavy (non-hydrogen) atoms. The Hall–Kier alpha value is -0.120. The smallest absolute Gasteiger partial charge is 0.0462 e. The van der Waals surface area contributed by atoms with Crippen molar-refractivity contribution < 1.29 is 4.74 Å². The van der Waals surface area contributed by atoms with Gasteiger partial charge in [0.1, 0.15) is 0 Å². The highest BCUT2D eigenvalue weighted by Gasteiger charge is 1.97. The third-order valence-corrected chi connectivity index (χ3v) is 2.35. The van der Waals surface area contributed by atoms with E-state index in [2.05, 4.69) is 17.3 Å². The Labute approximate surface area is 88.8 Å². The minimum Gasteiger partial charge on any atom is -0.385 e. The quantitative estimate of drug-likeness (QED) is 0.541. The average Bonchev–Trinajstić information content (AvgIpc) is 2.19. The van der Waals surface area contributed by atoms with E-state index in [1.807, 2.05) is 7.05 Å². The van der Waals surface area contributed by atoms with Gasteiger partial charge in [0, 0.05) is 13.7 Å². The monoisotopic (exact) mass is 202 g/mol. The predicted molar refractivity (Wildman–Crippen MR) is 61.8 cm³/mol. The number of ether oxygens (including phenoxy) is 1. The van der Waals surface area contributed by atoms with Crippen molar-refractivity contribution in [3.63, 3.8) is 0 Å². The molecule has 0 aliphatic rings. The summed E-state index contributed by atoms with van der Waals surface area (Å²) in [6.07, 6.45) is 4.99. The van der Waals surface area contributed by atoms with Crippen LogP contribution in [0.2, 0.25) is 0 Å². The van der Waals surface area contributed by atoms with E-state index in [0.717, 1.165) is 13.2 Å². The first-order valence-electron chi connectivity index (χ1n) is 5.63. The molecule has 0 heterocycles.